The quantitative estimate of drug-likeness (QED) is 0.868. The smallest absolute Gasteiger partial charge is 0.307 e. The predicted octanol–water partition coefficient (Wildman–Crippen LogP) is 3.16. The van der Waals surface area contributed by atoms with Crippen molar-refractivity contribution in [1.29, 1.82) is 0 Å². The van der Waals surface area contributed by atoms with Crippen molar-refractivity contribution in [2.75, 3.05) is 6.61 Å². The minimum Gasteiger partial charge on any atom is -0.466 e. The molecule has 0 aromatic heterocycles. The molecule has 0 heterocycles. The van der Waals surface area contributed by atoms with Crippen LogP contribution in [0, 0.1) is 12.7 Å². The lowest BCUT2D eigenvalue weighted by molar-refractivity contribution is -0.143. The number of benzene rings is 1. The number of hydrogen-bond donors (Lipinski definition) is 1. The van der Waals surface area contributed by atoms with Gasteiger partial charge in [0, 0.05) is 16.6 Å². The van der Waals surface area contributed by atoms with E-state index in [1.807, 2.05) is 0 Å². The summed E-state index contributed by atoms with van der Waals surface area (Å²) in [6.45, 7) is 3.59. The number of esters is 1. The van der Waals surface area contributed by atoms with Crippen LogP contribution in [-0.4, -0.2) is 12.6 Å². The van der Waals surface area contributed by atoms with Gasteiger partial charge >= 0.3 is 5.97 Å². The molecule has 0 unspecified atom stereocenters. The van der Waals surface area contributed by atoms with Crippen molar-refractivity contribution in [1.82, 2.24) is 0 Å². The number of ether oxygens (including phenoxy) is 1. The van der Waals surface area contributed by atoms with E-state index in [0.29, 0.717) is 5.56 Å². The summed E-state index contributed by atoms with van der Waals surface area (Å²) >= 11 is 5.88. The van der Waals surface area contributed by atoms with Crippen LogP contribution in [-0.2, 0) is 9.53 Å². The molecular weight excluding hydrogens is 280 g/mol. The van der Waals surface area contributed by atoms with Gasteiger partial charge in [-0.3, -0.25) is 4.79 Å². The molecule has 0 aliphatic heterocycles. The molecular formula is C12H16Cl2FNO2. The van der Waals surface area contributed by atoms with Gasteiger partial charge in [0.05, 0.1) is 13.0 Å². The summed E-state index contributed by atoms with van der Waals surface area (Å²) in [5, 5.41) is 0.227. The van der Waals surface area contributed by atoms with Crippen LogP contribution < -0.4 is 5.73 Å². The van der Waals surface area contributed by atoms with E-state index >= 15 is 0 Å². The lowest BCUT2D eigenvalue weighted by Crippen LogP contribution is -2.19. The Morgan fingerprint density at radius 3 is 2.72 bits per heavy atom. The first kappa shape index (κ1) is 17.2. The van der Waals surface area contributed by atoms with Gasteiger partial charge < -0.3 is 10.5 Å². The van der Waals surface area contributed by atoms with E-state index in [-0.39, 0.29) is 36.0 Å². The minimum absolute atomic E-state index is 0. The molecule has 6 heteroatoms. The van der Waals surface area contributed by atoms with E-state index in [4.69, 9.17) is 22.1 Å². The van der Waals surface area contributed by atoms with Crippen molar-refractivity contribution in [3.8, 4) is 0 Å². The molecule has 0 aliphatic carbocycles. The lowest BCUT2D eigenvalue weighted by atomic mass is 10.0. The SMILES string of the molecule is CCOC(=O)C[C@H](N)c1c(Cl)ccc(C)c1F.Cl. The largest absolute Gasteiger partial charge is 0.466 e. The third kappa shape index (κ3) is 4.12. The molecule has 102 valence electrons. The number of rotatable bonds is 4. The molecule has 1 atom stereocenters. The Morgan fingerprint density at radius 2 is 2.17 bits per heavy atom. The maximum absolute atomic E-state index is 13.8. The Balaban J connectivity index is 0.00000289. The predicted molar refractivity (Wildman–Crippen MR) is 71.6 cm³/mol. The summed E-state index contributed by atoms with van der Waals surface area (Å²) in [6, 6.07) is 2.35. The highest BCUT2D eigenvalue weighted by Crippen LogP contribution is 2.28. The highest BCUT2D eigenvalue weighted by molar-refractivity contribution is 6.31. The summed E-state index contributed by atoms with van der Waals surface area (Å²) in [5.41, 5.74) is 6.39. The number of halogens is 3. The van der Waals surface area contributed by atoms with E-state index in [2.05, 4.69) is 0 Å². The molecule has 18 heavy (non-hydrogen) atoms. The molecule has 0 radical (unpaired) electrons. The second-order valence-electron chi connectivity index (χ2n) is 3.71. The Morgan fingerprint density at radius 1 is 1.56 bits per heavy atom. The van der Waals surface area contributed by atoms with Crippen LogP contribution in [0.3, 0.4) is 0 Å². The fourth-order valence-electron chi connectivity index (χ4n) is 1.52. The normalized spacial score (nSPS) is 11.6. The van der Waals surface area contributed by atoms with Crippen LogP contribution in [0.4, 0.5) is 4.39 Å². The van der Waals surface area contributed by atoms with Crippen molar-refractivity contribution in [3.63, 3.8) is 0 Å². The van der Waals surface area contributed by atoms with E-state index in [1.54, 1.807) is 26.0 Å². The topological polar surface area (TPSA) is 52.3 Å². The second kappa shape index (κ2) is 7.56. The van der Waals surface area contributed by atoms with E-state index < -0.39 is 17.8 Å². The van der Waals surface area contributed by atoms with Crippen molar-refractivity contribution in [2.45, 2.75) is 26.3 Å². The van der Waals surface area contributed by atoms with E-state index in [0.717, 1.165) is 0 Å². The van der Waals surface area contributed by atoms with Crippen LogP contribution in [0.15, 0.2) is 12.1 Å². The monoisotopic (exact) mass is 295 g/mol. The van der Waals surface area contributed by atoms with Gasteiger partial charge in [0.15, 0.2) is 0 Å². The van der Waals surface area contributed by atoms with Gasteiger partial charge in [-0.1, -0.05) is 17.7 Å². The summed E-state index contributed by atoms with van der Waals surface area (Å²) in [4.78, 5) is 11.3. The third-order valence-corrected chi connectivity index (χ3v) is 2.71. The van der Waals surface area contributed by atoms with Gasteiger partial charge in [0.25, 0.3) is 0 Å². The summed E-state index contributed by atoms with van der Waals surface area (Å²) in [7, 11) is 0. The molecule has 0 bridgehead atoms. The van der Waals surface area contributed by atoms with Crippen LogP contribution in [0.1, 0.15) is 30.5 Å². The zero-order valence-electron chi connectivity index (χ0n) is 10.2. The fourth-order valence-corrected chi connectivity index (χ4v) is 1.81. The van der Waals surface area contributed by atoms with Gasteiger partial charge in [-0.15, -0.1) is 12.4 Å². The summed E-state index contributed by atoms with van der Waals surface area (Å²) < 4.78 is 18.6. The molecule has 1 rings (SSSR count). The molecule has 1 aromatic carbocycles. The third-order valence-electron chi connectivity index (χ3n) is 2.38. The standard InChI is InChI=1S/C12H15ClFNO2.ClH/c1-3-17-10(16)6-9(15)11-8(13)5-4-7(2)12(11)14;/h4-5,9H,3,6,15H2,1-2H3;1H/t9-;/m0./s1. The molecule has 0 saturated carbocycles. The van der Waals surface area contributed by atoms with Crippen molar-refractivity contribution >= 4 is 30.0 Å². The van der Waals surface area contributed by atoms with Gasteiger partial charge in [-0.25, -0.2) is 4.39 Å². The first-order chi connectivity index (χ1) is 7.97. The number of nitrogens with two attached hydrogens (primary N) is 1. The van der Waals surface area contributed by atoms with Crippen molar-refractivity contribution in [2.24, 2.45) is 5.73 Å². The van der Waals surface area contributed by atoms with Crippen LogP contribution in [0.25, 0.3) is 0 Å². The number of carbonyl (C=O) groups excluding carboxylic acids is 1. The van der Waals surface area contributed by atoms with E-state index in [1.165, 1.54) is 0 Å². The Labute approximate surface area is 117 Å². The summed E-state index contributed by atoms with van der Waals surface area (Å²) in [6.07, 6.45) is -0.0894. The molecule has 2 N–H and O–H groups in total. The van der Waals surface area contributed by atoms with Crippen LogP contribution in [0.5, 0.6) is 0 Å². The fraction of sp³-hybridized carbons (Fsp3) is 0.417. The van der Waals surface area contributed by atoms with Gasteiger partial charge in [-0.05, 0) is 25.5 Å². The van der Waals surface area contributed by atoms with Crippen LogP contribution in [0.2, 0.25) is 5.02 Å². The van der Waals surface area contributed by atoms with Gasteiger partial charge in [-0.2, -0.15) is 0 Å². The molecule has 0 amide bonds. The zero-order chi connectivity index (χ0) is 13.0. The molecule has 0 saturated heterocycles. The first-order valence-corrected chi connectivity index (χ1v) is 5.70. The Bertz CT molecular complexity index is 427. The Hall–Kier alpha value is -0.840. The first-order valence-electron chi connectivity index (χ1n) is 5.33. The molecule has 1 aromatic rings. The second-order valence-corrected chi connectivity index (χ2v) is 4.11. The minimum atomic E-state index is -0.790. The van der Waals surface area contributed by atoms with Gasteiger partial charge in [0.1, 0.15) is 5.82 Å². The molecule has 0 aliphatic rings. The number of aryl methyl sites for hydroxylation is 1. The molecule has 3 nitrogen and oxygen atoms in total. The molecule has 0 spiro atoms. The lowest BCUT2D eigenvalue weighted by Gasteiger charge is -2.15. The highest BCUT2D eigenvalue weighted by atomic mass is 35.5. The average Bonchev–Trinajstić information content (AvgIpc) is 2.24. The van der Waals surface area contributed by atoms with Crippen molar-refractivity contribution in [3.05, 3.63) is 34.1 Å². The Kier molecular flexibility index (Phi) is 7.21. The average molecular weight is 296 g/mol. The number of carbonyl (C=O) groups is 1. The van der Waals surface area contributed by atoms with Crippen LogP contribution >= 0.6 is 24.0 Å². The zero-order valence-corrected chi connectivity index (χ0v) is 11.8. The summed E-state index contributed by atoms with van der Waals surface area (Å²) in [5.74, 6) is -0.925. The maximum Gasteiger partial charge on any atom is 0.307 e. The van der Waals surface area contributed by atoms with E-state index in [9.17, 15) is 9.18 Å². The van der Waals surface area contributed by atoms with Gasteiger partial charge in [0.2, 0.25) is 0 Å². The number of hydrogen-bond acceptors (Lipinski definition) is 3. The highest BCUT2D eigenvalue weighted by Gasteiger charge is 2.20. The molecule has 0 fully saturated rings. The maximum atomic E-state index is 13.8. The van der Waals surface area contributed by atoms with Crippen molar-refractivity contribution < 1.29 is 13.9 Å².